The summed E-state index contributed by atoms with van der Waals surface area (Å²) in [5.41, 5.74) is 8.49. The van der Waals surface area contributed by atoms with Crippen LogP contribution in [0.5, 0.6) is 6.01 Å². The Labute approximate surface area is 103 Å². The number of nitrogen functional groups attached to an aromatic ring is 1. The number of aromatic amines is 1. The molecule has 0 aliphatic heterocycles. The van der Waals surface area contributed by atoms with Crippen molar-refractivity contribution >= 4 is 16.9 Å². The summed E-state index contributed by atoms with van der Waals surface area (Å²) in [5.74, 6) is 0.386. The van der Waals surface area contributed by atoms with E-state index >= 15 is 0 Å². The van der Waals surface area contributed by atoms with Crippen LogP contribution in [-0.4, -0.2) is 27.0 Å². The van der Waals surface area contributed by atoms with Crippen molar-refractivity contribution in [1.82, 2.24) is 19.9 Å². The molecule has 6 nitrogen and oxygen atoms in total. The topological polar surface area (TPSA) is 89.7 Å². The molecule has 6 heteroatoms. The fourth-order valence-electron chi connectivity index (χ4n) is 1.88. The van der Waals surface area contributed by atoms with E-state index in [4.69, 9.17) is 10.5 Å². The number of fused-ring (bicyclic) bond motifs is 1. The summed E-state index contributed by atoms with van der Waals surface area (Å²) in [6.45, 7) is 0. The molecule has 0 aliphatic rings. The SMILES string of the molecule is COc1nc(N)c2c(-c3cccnc3)c[nH]c2n1. The summed E-state index contributed by atoms with van der Waals surface area (Å²) in [5, 5.41) is 0.781. The van der Waals surface area contributed by atoms with Gasteiger partial charge in [0.15, 0.2) is 0 Å². The van der Waals surface area contributed by atoms with Crippen molar-refractivity contribution in [2.24, 2.45) is 0 Å². The Morgan fingerprint density at radius 3 is 2.94 bits per heavy atom. The van der Waals surface area contributed by atoms with Crippen LogP contribution in [0.3, 0.4) is 0 Å². The van der Waals surface area contributed by atoms with Gasteiger partial charge in [-0.2, -0.15) is 9.97 Å². The zero-order chi connectivity index (χ0) is 12.5. The van der Waals surface area contributed by atoms with Gasteiger partial charge in [0, 0.05) is 29.7 Å². The molecule has 0 atom stereocenters. The number of nitrogens with zero attached hydrogens (tertiary/aromatic N) is 3. The van der Waals surface area contributed by atoms with Crippen molar-refractivity contribution in [3.8, 4) is 17.1 Å². The number of hydrogen-bond donors (Lipinski definition) is 2. The molecule has 3 heterocycles. The van der Waals surface area contributed by atoms with Crippen LogP contribution in [0.2, 0.25) is 0 Å². The Morgan fingerprint density at radius 1 is 1.33 bits per heavy atom. The highest BCUT2D eigenvalue weighted by atomic mass is 16.5. The van der Waals surface area contributed by atoms with Crippen LogP contribution in [0.15, 0.2) is 30.7 Å². The Balaban J connectivity index is 2.27. The van der Waals surface area contributed by atoms with E-state index in [2.05, 4.69) is 19.9 Å². The molecule has 0 bridgehead atoms. The predicted octanol–water partition coefficient (Wildman–Crippen LogP) is 1.61. The van der Waals surface area contributed by atoms with Gasteiger partial charge in [-0.05, 0) is 6.07 Å². The minimum atomic E-state index is 0.250. The van der Waals surface area contributed by atoms with Crippen molar-refractivity contribution < 1.29 is 4.74 Å². The number of pyridine rings is 1. The van der Waals surface area contributed by atoms with Crippen LogP contribution >= 0.6 is 0 Å². The summed E-state index contributed by atoms with van der Waals surface area (Å²) in [4.78, 5) is 15.4. The van der Waals surface area contributed by atoms with E-state index in [0.29, 0.717) is 11.5 Å². The number of methoxy groups -OCH3 is 1. The molecule has 3 N–H and O–H groups in total. The van der Waals surface area contributed by atoms with E-state index < -0.39 is 0 Å². The molecule has 18 heavy (non-hydrogen) atoms. The zero-order valence-corrected chi connectivity index (χ0v) is 9.71. The fraction of sp³-hybridized carbons (Fsp3) is 0.0833. The lowest BCUT2D eigenvalue weighted by Crippen LogP contribution is -1.98. The van der Waals surface area contributed by atoms with Crippen molar-refractivity contribution in [3.05, 3.63) is 30.7 Å². The molecule has 0 aliphatic carbocycles. The lowest BCUT2D eigenvalue weighted by Gasteiger charge is -2.02. The van der Waals surface area contributed by atoms with Gasteiger partial charge in [-0.1, -0.05) is 6.07 Å². The second-order valence-corrected chi connectivity index (χ2v) is 3.76. The number of rotatable bonds is 2. The van der Waals surface area contributed by atoms with Crippen molar-refractivity contribution in [2.45, 2.75) is 0 Å². The first kappa shape index (κ1) is 10.5. The summed E-state index contributed by atoms with van der Waals surface area (Å²) in [6.07, 6.45) is 5.33. The molecule has 0 unspecified atom stereocenters. The molecule has 0 radical (unpaired) electrons. The highest BCUT2D eigenvalue weighted by molar-refractivity contribution is 6.00. The number of nitrogens with two attached hydrogens (primary N) is 1. The highest BCUT2D eigenvalue weighted by Crippen LogP contribution is 2.31. The smallest absolute Gasteiger partial charge is 0.320 e. The molecule has 0 saturated carbocycles. The second kappa shape index (κ2) is 3.99. The molecule has 0 fully saturated rings. The molecule has 3 aromatic heterocycles. The van der Waals surface area contributed by atoms with E-state index in [1.165, 1.54) is 7.11 Å². The van der Waals surface area contributed by atoms with Crippen molar-refractivity contribution in [3.63, 3.8) is 0 Å². The van der Waals surface area contributed by atoms with E-state index in [1.54, 1.807) is 12.4 Å². The molecule has 0 aromatic carbocycles. The minimum Gasteiger partial charge on any atom is -0.467 e. The van der Waals surface area contributed by atoms with Crippen LogP contribution < -0.4 is 10.5 Å². The number of nitrogens with one attached hydrogen (secondary N) is 1. The van der Waals surface area contributed by atoms with Gasteiger partial charge in [0.1, 0.15) is 11.5 Å². The van der Waals surface area contributed by atoms with Gasteiger partial charge in [-0.25, -0.2) is 0 Å². The third kappa shape index (κ3) is 1.55. The third-order valence-electron chi connectivity index (χ3n) is 2.69. The Bertz CT molecular complexity index is 692. The molecule has 90 valence electrons. The molecule has 0 amide bonds. The quantitative estimate of drug-likeness (QED) is 0.711. The van der Waals surface area contributed by atoms with Crippen LogP contribution in [0.4, 0.5) is 5.82 Å². The highest BCUT2D eigenvalue weighted by Gasteiger charge is 2.13. The van der Waals surface area contributed by atoms with Crippen LogP contribution in [0.1, 0.15) is 0 Å². The first-order valence-corrected chi connectivity index (χ1v) is 5.38. The Hall–Kier alpha value is -2.63. The van der Waals surface area contributed by atoms with Gasteiger partial charge in [-0.15, -0.1) is 0 Å². The number of anilines is 1. The standard InChI is InChI=1S/C12H11N5O/c1-18-12-16-10(13)9-8(6-15-11(9)17-12)7-3-2-4-14-5-7/h2-6H,1H3,(H3,13,15,16,17). The normalized spacial score (nSPS) is 10.7. The molecule has 3 aromatic rings. The Kier molecular flexibility index (Phi) is 2.33. The summed E-state index contributed by atoms with van der Waals surface area (Å²) in [6, 6.07) is 4.08. The molecule has 3 rings (SSSR count). The molecule has 0 saturated heterocycles. The lowest BCUT2D eigenvalue weighted by atomic mass is 10.1. The third-order valence-corrected chi connectivity index (χ3v) is 2.69. The predicted molar refractivity (Wildman–Crippen MR) is 68.1 cm³/mol. The maximum Gasteiger partial charge on any atom is 0.320 e. The summed E-state index contributed by atoms with van der Waals surface area (Å²) in [7, 11) is 1.51. The summed E-state index contributed by atoms with van der Waals surface area (Å²) >= 11 is 0. The first-order chi connectivity index (χ1) is 8.79. The van der Waals surface area contributed by atoms with Gasteiger partial charge in [0.05, 0.1) is 12.5 Å². The number of ether oxygens (including phenoxy) is 1. The van der Waals surface area contributed by atoms with Crippen molar-refractivity contribution in [2.75, 3.05) is 12.8 Å². The number of hydrogen-bond acceptors (Lipinski definition) is 5. The maximum atomic E-state index is 5.94. The molecular weight excluding hydrogens is 230 g/mol. The minimum absolute atomic E-state index is 0.250. The van der Waals surface area contributed by atoms with Crippen LogP contribution in [0, 0.1) is 0 Å². The monoisotopic (exact) mass is 241 g/mol. The van der Waals surface area contributed by atoms with E-state index in [1.807, 2.05) is 18.3 Å². The number of aromatic nitrogens is 4. The van der Waals surface area contributed by atoms with Gasteiger partial charge < -0.3 is 15.5 Å². The van der Waals surface area contributed by atoms with E-state index in [0.717, 1.165) is 16.5 Å². The average molecular weight is 241 g/mol. The van der Waals surface area contributed by atoms with Gasteiger partial charge in [0.2, 0.25) is 0 Å². The Morgan fingerprint density at radius 2 is 2.22 bits per heavy atom. The van der Waals surface area contributed by atoms with Gasteiger partial charge >= 0.3 is 6.01 Å². The maximum absolute atomic E-state index is 5.94. The summed E-state index contributed by atoms with van der Waals surface area (Å²) < 4.78 is 4.98. The zero-order valence-electron chi connectivity index (χ0n) is 9.71. The molecule has 0 spiro atoms. The van der Waals surface area contributed by atoms with Gasteiger partial charge in [-0.3, -0.25) is 4.98 Å². The van der Waals surface area contributed by atoms with E-state index in [-0.39, 0.29) is 6.01 Å². The van der Waals surface area contributed by atoms with Gasteiger partial charge in [0.25, 0.3) is 0 Å². The first-order valence-electron chi connectivity index (χ1n) is 5.38. The fourth-order valence-corrected chi connectivity index (χ4v) is 1.88. The van der Waals surface area contributed by atoms with Crippen LogP contribution in [-0.2, 0) is 0 Å². The number of H-pyrrole nitrogens is 1. The largest absolute Gasteiger partial charge is 0.467 e. The molecular formula is C12H11N5O. The van der Waals surface area contributed by atoms with Crippen LogP contribution in [0.25, 0.3) is 22.2 Å². The second-order valence-electron chi connectivity index (χ2n) is 3.76. The lowest BCUT2D eigenvalue weighted by molar-refractivity contribution is 0.382. The van der Waals surface area contributed by atoms with E-state index in [9.17, 15) is 0 Å². The van der Waals surface area contributed by atoms with Crippen molar-refractivity contribution in [1.29, 1.82) is 0 Å². The average Bonchev–Trinajstić information content (AvgIpc) is 2.84.